The molecule has 0 aromatic heterocycles. The van der Waals surface area contributed by atoms with E-state index in [2.05, 4.69) is 0 Å². The van der Waals surface area contributed by atoms with Gasteiger partial charge in [0.05, 0.1) is 0 Å². The molecule has 6 heteroatoms. The van der Waals surface area contributed by atoms with Gasteiger partial charge < -0.3 is 26.7 Å². The summed E-state index contributed by atoms with van der Waals surface area (Å²) in [7, 11) is -1.55. The van der Waals surface area contributed by atoms with Crippen LogP contribution in [-0.4, -0.2) is 30.4 Å². The van der Waals surface area contributed by atoms with Gasteiger partial charge in [-0.15, -0.1) is 0 Å². The minimum atomic E-state index is -1.55. The molecule has 0 saturated carbocycles. The summed E-state index contributed by atoms with van der Waals surface area (Å²) in [6.07, 6.45) is 0. The van der Waals surface area contributed by atoms with E-state index in [-0.39, 0.29) is 35.5 Å². The van der Waals surface area contributed by atoms with Crippen molar-refractivity contribution in [1.82, 2.24) is 0 Å². The first-order valence-electron chi connectivity index (χ1n) is 4.94. The first-order chi connectivity index (χ1) is 7.84. The van der Waals surface area contributed by atoms with E-state index in [9.17, 15) is 5.02 Å². The summed E-state index contributed by atoms with van der Waals surface area (Å²) in [5.74, 6) is 0.997. The largest absolute Gasteiger partial charge is 2.00 e. The standard InChI is InChI=1S/C12H10BO3.ClH.Mg/c14-13(15-11-7-3-1-4-8-11)16-12-9-5-2-6-10-12;;/h1-10H;1H;/q-1;;+2/p-1. The van der Waals surface area contributed by atoms with Gasteiger partial charge in [0.1, 0.15) is 11.5 Å². The molecule has 3 nitrogen and oxygen atoms in total. The fraction of sp³-hybridized carbons (Fsp3) is 0. The third kappa shape index (κ3) is 5.64. The molecule has 0 bridgehead atoms. The molecule has 0 heterocycles. The summed E-state index contributed by atoms with van der Waals surface area (Å²) in [6, 6.07) is 17.7. The second kappa shape index (κ2) is 9.10. The summed E-state index contributed by atoms with van der Waals surface area (Å²) in [4.78, 5) is 0. The molecule has 0 N–H and O–H groups in total. The van der Waals surface area contributed by atoms with Gasteiger partial charge in [-0.25, -0.2) is 0 Å². The van der Waals surface area contributed by atoms with Crippen molar-refractivity contribution >= 4 is 30.4 Å². The Morgan fingerprint density at radius 2 is 1.06 bits per heavy atom. The number of hydrogen-bond acceptors (Lipinski definition) is 3. The molecule has 0 unspecified atom stereocenters. The Morgan fingerprint density at radius 3 is 1.39 bits per heavy atom. The van der Waals surface area contributed by atoms with Gasteiger partial charge in [0.25, 0.3) is 0 Å². The summed E-state index contributed by atoms with van der Waals surface area (Å²) >= 11 is 0. The van der Waals surface area contributed by atoms with Gasteiger partial charge in [0.2, 0.25) is 0 Å². The van der Waals surface area contributed by atoms with Crippen molar-refractivity contribution in [1.29, 1.82) is 0 Å². The SMILES string of the molecule is [Cl-].[Mg+2].[O-]B(Oc1ccccc1)Oc1ccccc1. The smallest absolute Gasteiger partial charge is 1.00 e. The average Bonchev–Trinajstić information content (AvgIpc) is 2.31. The van der Waals surface area contributed by atoms with Gasteiger partial charge in [-0.05, 0) is 24.3 Å². The van der Waals surface area contributed by atoms with Crippen molar-refractivity contribution in [2.45, 2.75) is 0 Å². The summed E-state index contributed by atoms with van der Waals surface area (Å²) in [5.41, 5.74) is 0. The molecular formula is C12H10BClMgO3. The number of halogens is 1. The normalized spacial score (nSPS) is 8.50. The fourth-order valence-electron chi connectivity index (χ4n) is 1.24. The zero-order chi connectivity index (χ0) is 11.2. The Balaban J connectivity index is 0.00000144. The van der Waals surface area contributed by atoms with E-state index >= 15 is 0 Å². The maximum Gasteiger partial charge on any atom is 2.00 e. The monoisotopic (exact) mass is 272 g/mol. The first kappa shape index (κ1) is 17.1. The Labute approximate surface area is 129 Å². The van der Waals surface area contributed by atoms with Crippen LogP contribution in [0.4, 0.5) is 0 Å². The minimum absolute atomic E-state index is 0. The number of rotatable bonds is 4. The van der Waals surface area contributed by atoms with E-state index in [4.69, 9.17) is 9.31 Å². The molecule has 88 valence electrons. The topological polar surface area (TPSA) is 41.5 Å². The Morgan fingerprint density at radius 1 is 0.722 bits per heavy atom. The molecule has 0 amide bonds. The molecule has 0 radical (unpaired) electrons. The van der Waals surface area contributed by atoms with Crippen LogP contribution in [0.5, 0.6) is 11.5 Å². The van der Waals surface area contributed by atoms with E-state index in [1.54, 1.807) is 48.5 Å². The second-order valence-electron chi connectivity index (χ2n) is 3.15. The summed E-state index contributed by atoms with van der Waals surface area (Å²) < 4.78 is 10.1. The third-order valence-electron chi connectivity index (χ3n) is 1.95. The van der Waals surface area contributed by atoms with E-state index in [0.717, 1.165) is 0 Å². The number of para-hydroxylation sites is 2. The molecule has 0 saturated heterocycles. The molecule has 2 aromatic rings. The van der Waals surface area contributed by atoms with Crippen molar-refractivity contribution in [3.8, 4) is 11.5 Å². The van der Waals surface area contributed by atoms with E-state index in [0.29, 0.717) is 11.5 Å². The van der Waals surface area contributed by atoms with E-state index in [1.165, 1.54) is 0 Å². The van der Waals surface area contributed by atoms with E-state index in [1.807, 2.05) is 12.1 Å². The van der Waals surface area contributed by atoms with Crippen LogP contribution in [-0.2, 0) is 0 Å². The maximum atomic E-state index is 11.4. The van der Waals surface area contributed by atoms with Crippen LogP contribution in [0.2, 0.25) is 0 Å². The molecular weight excluding hydrogens is 263 g/mol. The fourth-order valence-corrected chi connectivity index (χ4v) is 1.24. The quantitative estimate of drug-likeness (QED) is 0.612. The van der Waals surface area contributed by atoms with Gasteiger partial charge in [-0.3, -0.25) is 0 Å². The first-order valence-corrected chi connectivity index (χ1v) is 4.94. The van der Waals surface area contributed by atoms with Crippen molar-refractivity contribution in [2.75, 3.05) is 0 Å². The predicted octanol–water partition coefficient (Wildman–Crippen LogP) is -1.89. The van der Waals surface area contributed by atoms with Crippen LogP contribution >= 0.6 is 0 Å². The molecule has 0 spiro atoms. The van der Waals surface area contributed by atoms with Gasteiger partial charge in [0, 0.05) is 0 Å². The van der Waals surface area contributed by atoms with Gasteiger partial charge in [-0.1, -0.05) is 36.4 Å². The molecule has 2 rings (SSSR count). The summed E-state index contributed by atoms with van der Waals surface area (Å²) in [6.45, 7) is 0. The minimum Gasteiger partial charge on any atom is -1.00 e. The Bertz CT molecular complexity index is 388. The van der Waals surface area contributed by atoms with Crippen molar-refractivity contribution < 1.29 is 26.7 Å². The molecule has 0 aliphatic carbocycles. The van der Waals surface area contributed by atoms with Crippen LogP contribution in [0.25, 0.3) is 0 Å². The summed E-state index contributed by atoms with van der Waals surface area (Å²) in [5, 5.41) is 11.4. The van der Waals surface area contributed by atoms with Gasteiger partial charge >= 0.3 is 30.4 Å². The van der Waals surface area contributed by atoms with Crippen LogP contribution in [0.3, 0.4) is 0 Å². The van der Waals surface area contributed by atoms with Crippen molar-refractivity contribution in [3.05, 3.63) is 60.7 Å². The van der Waals surface area contributed by atoms with Crippen LogP contribution in [0.15, 0.2) is 60.7 Å². The van der Waals surface area contributed by atoms with Crippen LogP contribution < -0.4 is 26.7 Å². The van der Waals surface area contributed by atoms with Gasteiger partial charge in [-0.2, -0.15) is 0 Å². The molecule has 0 atom stereocenters. The van der Waals surface area contributed by atoms with Crippen LogP contribution in [0, 0.1) is 0 Å². The average molecular weight is 273 g/mol. The molecule has 0 fully saturated rings. The maximum absolute atomic E-state index is 11.4. The molecule has 0 aliphatic heterocycles. The second-order valence-corrected chi connectivity index (χ2v) is 3.15. The Kier molecular flexibility index (Phi) is 8.66. The third-order valence-corrected chi connectivity index (χ3v) is 1.95. The molecule has 0 aliphatic rings. The number of hydrogen-bond donors (Lipinski definition) is 0. The molecule has 18 heavy (non-hydrogen) atoms. The van der Waals surface area contributed by atoms with Gasteiger partial charge in [0.15, 0.2) is 0 Å². The molecule has 2 aromatic carbocycles. The van der Waals surface area contributed by atoms with Crippen LogP contribution in [0.1, 0.15) is 0 Å². The zero-order valence-corrected chi connectivity index (χ0v) is 11.8. The van der Waals surface area contributed by atoms with E-state index < -0.39 is 7.32 Å². The van der Waals surface area contributed by atoms with Crippen molar-refractivity contribution in [3.63, 3.8) is 0 Å². The Hall–Kier alpha value is -0.879. The number of benzene rings is 2. The predicted molar refractivity (Wildman–Crippen MR) is 65.6 cm³/mol. The zero-order valence-electron chi connectivity index (χ0n) is 9.66. The van der Waals surface area contributed by atoms with Crippen molar-refractivity contribution in [2.24, 2.45) is 0 Å².